The second-order valence-electron chi connectivity index (χ2n) is 4.16. The summed E-state index contributed by atoms with van der Waals surface area (Å²) in [7, 11) is 0. The zero-order chi connectivity index (χ0) is 13.1. The molecule has 0 saturated heterocycles. The molecule has 2 aromatic rings. The molecule has 96 valence electrons. The van der Waals surface area contributed by atoms with Crippen LogP contribution in [0.3, 0.4) is 0 Å². The van der Waals surface area contributed by atoms with Crippen molar-refractivity contribution in [1.29, 1.82) is 0 Å². The Morgan fingerprint density at radius 2 is 2.11 bits per heavy atom. The first kappa shape index (κ1) is 12.4. The van der Waals surface area contributed by atoms with Crippen LogP contribution in [0.5, 0.6) is 5.75 Å². The Morgan fingerprint density at radius 3 is 2.72 bits per heavy atom. The molecule has 18 heavy (non-hydrogen) atoms. The largest absolute Gasteiger partial charge is 0.494 e. The van der Waals surface area contributed by atoms with E-state index < -0.39 is 0 Å². The van der Waals surface area contributed by atoms with E-state index >= 15 is 0 Å². The van der Waals surface area contributed by atoms with E-state index in [1.54, 1.807) is 0 Å². The molecule has 0 spiro atoms. The molecule has 0 aliphatic carbocycles. The van der Waals surface area contributed by atoms with Crippen LogP contribution in [0.1, 0.15) is 24.1 Å². The molecule has 0 aliphatic rings. The molecule has 0 atom stereocenters. The molecule has 0 amide bonds. The molecule has 0 radical (unpaired) electrons. The van der Waals surface area contributed by atoms with Crippen molar-refractivity contribution in [3.8, 4) is 5.75 Å². The van der Waals surface area contributed by atoms with Gasteiger partial charge in [0.05, 0.1) is 13.2 Å². The van der Waals surface area contributed by atoms with Crippen LogP contribution >= 0.6 is 0 Å². The topological polar surface area (TPSA) is 66.0 Å². The minimum absolute atomic E-state index is 0.618. The maximum atomic E-state index is 5.82. The number of nitrogens with zero attached hydrogens (tertiary/aromatic N) is 3. The third-order valence-electron chi connectivity index (χ3n) is 2.67. The fraction of sp³-hybridized carbons (Fsp3) is 0.385. The minimum Gasteiger partial charge on any atom is -0.494 e. The Labute approximate surface area is 107 Å². The smallest absolute Gasteiger partial charge is 0.147 e. The highest BCUT2D eigenvalue weighted by molar-refractivity contribution is 5.48. The van der Waals surface area contributed by atoms with E-state index in [0.29, 0.717) is 13.2 Å². The lowest BCUT2D eigenvalue weighted by atomic mass is 10.2. The van der Waals surface area contributed by atoms with Gasteiger partial charge in [0.25, 0.3) is 0 Å². The van der Waals surface area contributed by atoms with Crippen molar-refractivity contribution in [3.05, 3.63) is 35.4 Å². The molecular formula is C13H18N4O. The summed E-state index contributed by atoms with van der Waals surface area (Å²) in [6, 6.07) is 5.66. The van der Waals surface area contributed by atoms with Gasteiger partial charge in [-0.2, -0.15) is 5.10 Å². The molecule has 1 heterocycles. The Hall–Kier alpha value is -2.04. The number of anilines is 1. The van der Waals surface area contributed by atoms with Crippen molar-refractivity contribution in [2.24, 2.45) is 0 Å². The number of hydrogen-bond donors (Lipinski definition) is 1. The first-order valence-corrected chi connectivity index (χ1v) is 5.99. The quantitative estimate of drug-likeness (QED) is 0.837. The number of hydrogen-bond acceptors (Lipinski definition) is 4. The molecule has 2 rings (SSSR count). The molecule has 0 bridgehead atoms. The predicted molar refractivity (Wildman–Crippen MR) is 70.6 cm³/mol. The third kappa shape index (κ3) is 2.61. The summed E-state index contributed by atoms with van der Waals surface area (Å²) in [4.78, 5) is 4.29. The minimum atomic E-state index is 0.618. The molecule has 0 saturated carbocycles. The van der Waals surface area contributed by atoms with Gasteiger partial charge in [-0.25, -0.2) is 9.67 Å². The maximum Gasteiger partial charge on any atom is 0.147 e. The predicted octanol–water partition coefficient (Wildman–Crippen LogP) is 1.92. The van der Waals surface area contributed by atoms with Gasteiger partial charge in [0.15, 0.2) is 0 Å². The van der Waals surface area contributed by atoms with E-state index in [0.717, 1.165) is 28.6 Å². The zero-order valence-corrected chi connectivity index (χ0v) is 11.0. The van der Waals surface area contributed by atoms with Gasteiger partial charge in [-0.15, -0.1) is 0 Å². The van der Waals surface area contributed by atoms with E-state index in [1.165, 1.54) is 0 Å². The van der Waals surface area contributed by atoms with E-state index in [9.17, 15) is 0 Å². The summed E-state index contributed by atoms with van der Waals surface area (Å²) in [5, 5.41) is 4.35. The molecule has 1 aromatic carbocycles. The second-order valence-corrected chi connectivity index (χ2v) is 4.16. The van der Waals surface area contributed by atoms with Crippen LogP contribution < -0.4 is 10.5 Å². The van der Waals surface area contributed by atoms with Gasteiger partial charge >= 0.3 is 0 Å². The summed E-state index contributed by atoms with van der Waals surface area (Å²) < 4.78 is 7.45. The van der Waals surface area contributed by atoms with Crippen molar-refractivity contribution < 1.29 is 4.74 Å². The first-order valence-electron chi connectivity index (χ1n) is 5.99. The molecule has 1 aromatic heterocycles. The van der Waals surface area contributed by atoms with E-state index in [1.807, 2.05) is 43.7 Å². The molecule has 0 fully saturated rings. The Balaban J connectivity index is 2.32. The fourth-order valence-corrected chi connectivity index (χ4v) is 1.89. The summed E-state index contributed by atoms with van der Waals surface area (Å²) in [5.41, 5.74) is 7.56. The monoisotopic (exact) mass is 246 g/mol. The average molecular weight is 246 g/mol. The van der Waals surface area contributed by atoms with Crippen molar-refractivity contribution in [1.82, 2.24) is 14.8 Å². The van der Waals surface area contributed by atoms with Gasteiger partial charge in [0.2, 0.25) is 0 Å². The standard InChI is InChI=1S/C13H18N4O/c1-4-18-13-6-5-12(14)7-11(13)8-17-10(3)15-9(2)16-17/h5-7H,4,8,14H2,1-3H3. The van der Waals surface area contributed by atoms with Crippen LogP contribution in [-0.4, -0.2) is 21.4 Å². The molecule has 5 heteroatoms. The van der Waals surface area contributed by atoms with Crippen LogP contribution in [0.25, 0.3) is 0 Å². The summed E-state index contributed by atoms with van der Waals surface area (Å²) in [6.45, 7) is 7.03. The third-order valence-corrected chi connectivity index (χ3v) is 2.67. The van der Waals surface area contributed by atoms with Gasteiger partial charge < -0.3 is 10.5 Å². The molecule has 5 nitrogen and oxygen atoms in total. The summed E-state index contributed by atoms with van der Waals surface area (Å²) >= 11 is 0. The molecular weight excluding hydrogens is 228 g/mol. The molecule has 2 N–H and O–H groups in total. The molecule has 0 unspecified atom stereocenters. The normalized spacial score (nSPS) is 10.6. The Bertz CT molecular complexity index is 548. The van der Waals surface area contributed by atoms with Gasteiger partial charge in [0.1, 0.15) is 17.4 Å². The van der Waals surface area contributed by atoms with Gasteiger partial charge in [-0.05, 0) is 39.0 Å². The number of benzene rings is 1. The van der Waals surface area contributed by atoms with E-state index in [2.05, 4.69) is 10.1 Å². The Morgan fingerprint density at radius 1 is 1.33 bits per heavy atom. The Kier molecular flexibility index (Phi) is 3.50. The highest BCUT2D eigenvalue weighted by Gasteiger charge is 2.08. The van der Waals surface area contributed by atoms with E-state index in [4.69, 9.17) is 10.5 Å². The van der Waals surface area contributed by atoms with Crippen molar-refractivity contribution in [2.45, 2.75) is 27.3 Å². The zero-order valence-electron chi connectivity index (χ0n) is 11.0. The average Bonchev–Trinajstić information content (AvgIpc) is 2.61. The van der Waals surface area contributed by atoms with Crippen LogP contribution in [-0.2, 0) is 6.54 Å². The van der Waals surface area contributed by atoms with E-state index in [-0.39, 0.29) is 0 Å². The number of aryl methyl sites for hydroxylation is 2. The number of aromatic nitrogens is 3. The summed E-state index contributed by atoms with van der Waals surface area (Å²) in [5.74, 6) is 2.51. The fourth-order valence-electron chi connectivity index (χ4n) is 1.89. The lowest BCUT2D eigenvalue weighted by molar-refractivity contribution is 0.335. The lowest BCUT2D eigenvalue weighted by Crippen LogP contribution is -2.07. The molecule has 0 aliphatic heterocycles. The number of nitrogen functional groups attached to an aromatic ring is 1. The van der Waals surface area contributed by atoms with Crippen LogP contribution in [0.4, 0.5) is 5.69 Å². The van der Waals surface area contributed by atoms with Gasteiger partial charge in [-0.3, -0.25) is 0 Å². The number of rotatable bonds is 4. The van der Waals surface area contributed by atoms with Gasteiger partial charge in [0, 0.05) is 11.3 Å². The lowest BCUT2D eigenvalue weighted by Gasteiger charge is -2.11. The van der Waals surface area contributed by atoms with Crippen LogP contribution in [0.2, 0.25) is 0 Å². The second kappa shape index (κ2) is 5.08. The van der Waals surface area contributed by atoms with Crippen molar-refractivity contribution in [2.75, 3.05) is 12.3 Å². The highest BCUT2D eigenvalue weighted by Crippen LogP contribution is 2.22. The SMILES string of the molecule is CCOc1ccc(N)cc1Cn1nc(C)nc1C. The summed E-state index contributed by atoms with van der Waals surface area (Å²) in [6.07, 6.45) is 0. The van der Waals surface area contributed by atoms with Crippen LogP contribution in [0.15, 0.2) is 18.2 Å². The maximum absolute atomic E-state index is 5.82. The van der Waals surface area contributed by atoms with Crippen LogP contribution in [0, 0.1) is 13.8 Å². The van der Waals surface area contributed by atoms with Crippen molar-refractivity contribution >= 4 is 5.69 Å². The highest BCUT2D eigenvalue weighted by atomic mass is 16.5. The number of ether oxygens (including phenoxy) is 1. The first-order chi connectivity index (χ1) is 8.60. The number of nitrogens with two attached hydrogens (primary N) is 1. The van der Waals surface area contributed by atoms with Gasteiger partial charge in [-0.1, -0.05) is 0 Å². The van der Waals surface area contributed by atoms with Crippen molar-refractivity contribution in [3.63, 3.8) is 0 Å².